The third-order valence-corrected chi connectivity index (χ3v) is 3.45. The van der Waals surface area contributed by atoms with Crippen molar-refractivity contribution >= 4 is 12.1 Å². The van der Waals surface area contributed by atoms with Gasteiger partial charge in [0.05, 0.1) is 0 Å². The summed E-state index contributed by atoms with van der Waals surface area (Å²) in [4.78, 5) is 8.94. The van der Waals surface area contributed by atoms with Crippen molar-refractivity contribution in [1.29, 1.82) is 0 Å². The Balaban J connectivity index is 0.000000845. The highest BCUT2D eigenvalue weighted by atomic mass is 16.5. The van der Waals surface area contributed by atoms with Crippen LogP contribution in [0.15, 0.2) is 36.4 Å². The van der Waals surface area contributed by atoms with Crippen LogP contribution in [0.5, 0.6) is 5.75 Å². The fourth-order valence-corrected chi connectivity index (χ4v) is 2.24. The molecule has 0 atom stereocenters. The average molecular weight is 345 g/mol. The summed E-state index contributed by atoms with van der Waals surface area (Å²) in [5.74, 6) is 5.36. The van der Waals surface area contributed by atoms with Crippen molar-refractivity contribution < 1.29 is 9.53 Å². The van der Waals surface area contributed by atoms with E-state index in [1.54, 1.807) is 5.43 Å². The first kappa shape index (κ1) is 22.5. The molecule has 25 heavy (non-hydrogen) atoms. The van der Waals surface area contributed by atoms with Crippen LogP contribution in [-0.2, 0) is 11.4 Å². The van der Waals surface area contributed by atoms with Gasteiger partial charge in [-0.15, -0.1) is 0 Å². The van der Waals surface area contributed by atoms with Crippen LogP contribution in [0.4, 0.5) is 5.69 Å². The first-order valence-corrected chi connectivity index (χ1v) is 8.39. The molecule has 0 bridgehead atoms. The number of nitrogens with two attached hydrogens (primary N) is 1. The summed E-state index contributed by atoms with van der Waals surface area (Å²) < 4.78 is 5.96. The number of nitrogens with one attached hydrogen (secondary N) is 2. The number of rotatable bonds is 5. The Hall–Kier alpha value is -2.53. The molecule has 0 heterocycles. The zero-order chi connectivity index (χ0) is 19.2. The predicted octanol–water partition coefficient (Wildman–Crippen LogP) is 3.86. The van der Waals surface area contributed by atoms with Gasteiger partial charge in [-0.05, 0) is 44.0 Å². The first-order valence-electron chi connectivity index (χ1n) is 8.39. The monoisotopic (exact) mass is 345 g/mol. The number of hydrogen-bond acceptors (Lipinski definition) is 4. The molecule has 0 aliphatic heterocycles. The van der Waals surface area contributed by atoms with E-state index in [4.69, 9.17) is 9.53 Å². The van der Waals surface area contributed by atoms with Crippen LogP contribution in [0.1, 0.15) is 36.1 Å². The minimum absolute atomic E-state index is 0.403. The molecule has 0 aliphatic rings. The smallest absolute Gasteiger partial charge is 0.221 e. The summed E-state index contributed by atoms with van der Waals surface area (Å²) in [6, 6.07) is 12.5. The van der Waals surface area contributed by atoms with Crippen molar-refractivity contribution in [1.82, 2.24) is 5.43 Å². The van der Waals surface area contributed by atoms with Crippen LogP contribution < -0.4 is 21.3 Å². The second-order valence-corrected chi connectivity index (χ2v) is 5.19. The van der Waals surface area contributed by atoms with E-state index in [1.165, 1.54) is 22.3 Å². The van der Waals surface area contributed by atoms with Crippen LogP contribution in [-0.4, -0.2) is 13.5 Å². The Morgan fingerprint density at radius 3 is 2.24 bits per heavy atom. The van der Waals surface area contributed by atoms with Crippen LogP contribution in [0.2, 0.25) is 0 Å². The van der Waals surface area contributed by atoms with Gasteiger partial charge in [0, 0.05) is 18.3 Å². The third kappa shape index (κ3) is 7.72. The molecule has 0 fully saturated rings. The lowest BCUT2D eigenvalue weighted by Gasteiger charge is -2.15. The van der Waals surface area contributed by atoms with Gasteiger partial charge in [-0.3, -0.25) is 10.2 Å². The maximum atomic E-state index is 8.94. The maximum Gasteiger partial charge on any atom is 0.221 e. The van der Waals surface area contributed by atoms with E-state index in [0.717, 1.165) is 11.4 Å². The van der Waals surface area contributed by atoms with E-state index in [2.05, 4.69) is 62.3 Å². The minimum Gasteiger partial charge on any atom is -0.489 e. The second kappa shape index (κ2) is 12.8. The lowest BCUT2D eigenvalue weighted by atomic mass is 10.1. The molecule has 5 heteroatoms. The number of ether oxygens (including phenoxy) is 1. The summed E-state index contributed by atoms with van der Waals surface area (Å²) >= 11 is 0. The number of aryl methyl sites for hydroxylation is 3. The fourth-order valence-electron chi connectivity index (χ4n) is 2.24. The number of anilines is 1. The van der Waals surface area contributed by atoms with Gasteiger partial charge in [-0.25, -0.2) is 5.84 Å². The average Bonchev–Trinajstić information content (AvgIpc) is 2.63. The SMILES string of the molecule is CC.CNc1cccc(C)c1COc1ccc(C)cc1C.NNC=O. The van der Waals surface area contributed by atoms with Crippen molar-refractivity contribution in [3.63, 3.8) is 0 Å². The van der Waals surface area contributed by atoms with Gasteiger partial charge in [-0.2, -0.15) is 0 Å². The summed E-state index contributed by atoms with van der Waals surface area (Å²) in [5, 5.41) is 3.22. The number of hydrogen-bond donors (Lipinski definition) is 3. The van der Waals surface area contributed by atoms with Crippen molar-refractivity contribution in [3.05, 3.63) is 58.7 Å². The topological polar surface area (TPSA) is 76.4 Å². The summed E-state index contributed by atoms with van der Waals surface area (Å²) in [7, 11) is 1.94. The van der Waals surface area contributed by atoms with Crippen LogP contribution in [0.3, 0.4) is 0 Å². The molecule has 1 amide bonds. The molecule has 0 spiro atoms. The molecule has 0 radical (unpaired) electrons. The molecule has 0 unspecified atom stereocenters. The molecule has 5 nitrogen and oxygen atoms in total. The number of benzene rings is 2. The molecule has 2 aromatic rings. The molecular formula is C20H31N3O2. The molecule has 0 saturated heterocycles. The van der Waals surface area contributed by atoms with Crippen molar-refractivity contribution in [2.75, 3.05) is 12.4 Å². The van der Waals surface area contributed by atoms with Gasteiger partial charge in [0.2, 0.25) is 6.41 Å². The Kier molecular flexibility index (Phi) is 11.5. The molecule has 0 saturated carbocycles. The lowest BCUT2D eigenvalue weighted by molar-refractivity contribution is -0.109. The third-order valence-electron chi connectivity index (χ3n) is 3.45. The Morgan fingerprint density at radius 1 is 1.08 bits per heavy atom. The van der Waals surface area contributed by atoms with Gasteiger partial charge < -0.3 is 10.1 Å². The van der Waals surface area contributed by atoms with E-state index in [9.17, 15) is 0 Å². The van der Waals surface area contributed by atoms with Gasteiger partial charge >= 0.3 is 0 Å². The van der Waals surface area contributed by atoms with E-state index in [1.807, 2.05) is 27.0 Å². The number of hydrazine groups is 1. The largest absolute Gasteiger partial charge is 0.489 e. The highest BCUT2D eigenvalue weighted by Crippen LogP contribution is 2.24. The maximum absolute atomic E-state index is 8.94. The highest BCUT2D eigenvalue weighted by Gasteiger charge is 2.06. The molecule has 138 valence electrons. The van der Waals surface area contributed by atoms with Crippen molar-refractivity contribution in [3.8, 4) is 5.75 Å². The molecule has 2 rings (SSSR count). The standard InChI is InChI=1S/C17H21NO.C2H6.CH4N2O/c1-12-8-9-17(14(3)10-12)19-11-15-13(2)6-5-7-16(15)18-4;1-2;2-3-1-4/h5-10,18H,11H2,1-4H3;1-2H3;1H,2H2,(H,3,4). The zero-order valence-corrected chi connectivity index (χ0v) is 16.1. The molecule has 4 N–H and O–H groups in total. The van der Waals surface area contributed by atoms with Crippen LogP contribution in [0, 0.1) is 20.8 Å². The Bertz CT molecular complexity index is 643. The van der Waals surface area contributed by atoms with Gasteiger partial charge in [0.15, 0.2) is 0 Å². The number of carbonyl (C=O) groups excluding carboxylic acids is 1. The van der Waals surface area contributed by atoms with Gasteiger partial charge in [0.1, 0.15) is 12.4 Å². The normalized spacial score (nSPS) is 8.92. The van der Waals surface area contributed by atoms with Gasteiger partial charge in [0.25, 0.3) is 0 Å². The second-order valence-electron chi connectivity index (χ2n) is 5.19. The molecule has 2 aromatic carbocycles. The van der Waals surface area contributed by atoms with E-state index in [0.29, 0.717) is 13.0 Å². The first-order chi connectivity index (χ1) is 12.0. The predicted molar refractivity (Wildman–Crippen MR) is 106 cm³/mol. The summed E-state index contributed by atoms with van der Waals surface area (Å²) in [6.45, 7) is 10.9. The Labute approximate surface area is 151 Å². The van der Waals surface area contributed by atoms with Crippen molar-refractivity contribution in [2.45, 2.75) is 41.2 Å². The minimum atomic E-state index is 0.403. The molecule has 0 aliphatic carbocycles. The van der Waals surface area contributed by atoms with Gasteiger partial charge in [-0.1, -0.05) is 43.7 Å². The van der Waals surface area contributed by atoms with Crippen LogP contribution >= 0.6 is 0 Å². The molecule has 0 aromatic heterocycles. The van der Waals surface area contributed by atoms with E-state index in [-0.39, 0.29) is 0 Å². The van der Waals surface area contributed by atoms with E-state index < -0.39 is 0 Å². The van der Waals surface area contributed by atoms with E-state index >= 15 is 0 Å². The van der Waals surface area contributed by atoms with Crippen LogP contribution in [0.25, 0.3) is 0 Å². The lowest BCUT2D eigenvalue weighted by Crippen LogP contribution is -2.18. The highest BCUT2D eigenvalue weighted by molar-refractivity contribution is 5.54. The Morgan fingerprint density at radius 2 is 1.72 bits per heavy atom. The zero-order valence-electron chi connectivity index (χ0n) is 16.1. The molecular weight excluding hydrogens is 314 g/mol. The fraction of sp³-hybridized carbons (Fsp3) is 0.350. The summed E-state index contributed by atoms with van der Waals surface area (Å²) in [5.41, 5.74) is 7.78. The quantitative estimate of drug-likeness (QED) is 0.333. The number of amides is 1. The van der Waals surface area contributed by atoms with Crippen molar-refractivity contribution in [2.24, 2.45) is 5.84 Å². The summed E-state index contributed by atoms with van der Waals surface area (Å²) in [6.07, 6.45) is 0.403. The number of carbonyl (C=O) groups is 1.